The quantitative estimate of drug-likeness (QED) is 0.452. The third-order valence-corrected chi connectivity index (χ3v) is 2.12. The lowest BCUT2D eigenvalue weighted by Crippen LogP contribution is -2.21. The molecule has 0 aromatic carbocycles. The van der Waals surface area contributed by atoms with E-state index in [0.29, 0.717) is 6.42 Å². The van der Waals surface area contributed by atoms with Gasteiger partial charge in [0.15, 0.2) is 5.78 Å². The van der Waals surface area contributed by atoms with Crippen molar-refractivity contribution in [2.24, 2.45) is 0 Å². The number of esters is 2. The number of carbonyl (C=O) groups is 3. The van der Waals surface area contributed by atoms with Gasteiger partial charge in [-0.25, -0.2) is 0 Å². The Hall–Kier alpha value is -1.43. The summed E-state index contributed by atoms with van der Waals surface area (Å²) >= 11 is 0. The van der Waals surface area contributed by atoms with Crippen LogP contribution in [0.2, 0.25) is 0 Å². The van der Waals surface area contributed by atoms with Gasteiger partial charge in [0.05, 0.1) is 13.2 Å². The molecule has 0 amide bonds. The summed E-state index contributed by atoms with van der Waals surface area (Å²) in [7, 11) is 0. The molecule has 0 aliphatic heterocycles. The van der Waals surface area contributed by atoms with Gasteiger partial charge in [-0.3, -0.25) is 14.4 Å². The first-order chi connectivity index (χ1) is 8.43. The Morgan fingerprint density at radius 1 is 1.00 bits per heavy atom. The van der Waals surface area contributed by atoms with E-state index >= 15 is 0 Å². The van der Waals surface area contributed by atoms with Crippen LogP contribution in [0.15, 0.2) is 0 Å². The van der Waals surface area contributed by atoms with E-state index in [9.17, 15) is 14.4 Å². The molecule has 6 heteroatoms. The Morgan fingerprint density at radius 2 is 1.67 bits per heavy atom. The largest absolute Gasteiger partial charge is 0.466 e. The Kier molecular flexibility index (Phi) is 8.82. The monoisotopic (exact) mass is 260 g/mol. The Morgan fingerprint density at radius 3 is 2.22 bits per heavy atom. The normalized spacial score (nSPS) is 11.7. The van der Waals surface area contributed by atoms with E-state index in [1.807, 2.05) is 0 Å². The van der Waals surface area contributed by atoms with E-state index in [2.05, 4.69) is 4.74 Å². The first-order valence-electron chi connectivity index (χ1n) is 5.84. The molecule has 6 nitrogen and oxygen atoms in total. The molecule has 0 aliphatic rings. The van der Waals surface area contributed by atoms with Gasteiger partial charge in [-0.2, -0.15) is 0 Å². The van der Waals surface area contributed by atoms with E-state index in [0.717, 1.165) is 0 Å². The average molecular weight is 260 g/mol. The highest BCUT2D eigenvalue weighted by atomic mass is 16.6. The zero-order valence-electron chi connectivity index (χ0n) is 11.1. The first-order valence-corrected chi connectivity index (χ1v) is 5.84. The molecule has 0 saturated heterocycles. The maximum absolute atomic E-state index is 11.2. The summed E-state index contributed by atoms with van der Waals surface area (Å²) in [5.41, 5.74) is 0. The van der Waals surface area contributed by atoms with Gasteiger partial charge in [-0.1, -0.05) is 0 Å². The predicted octanol–water partition coefficient (Wildman–Crippen LogP) is 0.867. The third kappa shape index (κ3) is 9.77. The molecule has 0 rings (SSSR count). The minimum absolute atomic E-state index is 0.0669. The molecule has 1 unspecified atom stereocenters. The summed E-state index contributed by atoms with van der Waals surface area (Å²) in [5.74, 6) is -0.807. The fraction of sp³-hybridized carbons (Fsp3) is 0.750. The number of ketones is 1. The van der Waals surface area contributed by atoms with Gasteiger partial charge in [0.2, 0.25) is 0 Å². The third-order valence-electron chi connectivity index (χ3n) is 2.12. The number of ether oxygens (including phenoxy) is 3. The van der Waals surface area contributed by atoms with Crippen LogP contribution < -0.4 is 0 Å². The van der Waals surface area contributed by atoms with Crippen LogP contribution in [0.1, 0.15) is 33.6 Å². The standard InChI is InChI=1S/C12H20O6/c1-9(13)10(2)16-7-8-18-12(15)5-4-6-17-11(3)14/h10H,4-8H2,1-3H3. The average Bonchev–Trinajstić information content (AvgIpc) is 2.29. The lowest BCUT2D eigenvalue weighted by atomic mass is 10.3. The minimum Gasteiger partial charge on any atom is -0.466 e. The van der Waals surface area contributed by atoms with Crippen molar-refractivity contribution < 1.29 is 28.6 Å². The van der Waals surface area contributed by atoms with E-state index in [1.54, 1.807) is 6.92 Å². The Balaban J connectivity index is 3.42. The van der Waals surface area contributed by atoms with Crippen molar-refractivity contribution in [2.75, 3.05) is 19.8 Å². The van der Waals surface area contributed by atoms with Crippen molar-refractivity contribution in [3.63, 3.8) is 0 Å². The smallest absolute Gasteiger partial charge is 0.305 e. The maximum atomic E-state index is 11.2. The van der Waals surface area contributed by atoms with E-state index in [4.69, 9.17) is 9.47 Å². The molecule has 18 heavy (non-hydrogen) atoms. The minimum atomic E-state index is -0.479. The van der Waals surface area contributed by atoms with Gasteiger partial charge in [-0.05, 0) is 20.3 Å². The molecule has 0 heterocycles. The Bertz CT molecular complexity index is 286. The number of Topliss-reactive ketones (excluding diaryl/α,β-unsaturated/α-hetero) is 1. The van der Waals surface area contributed by atoms with Crippen LogP contribution in [0.3, 0.4) is 0 Å². The van der Waals surface area contributed by atoms with Crippen LogP contribution in [0.25, 0.3) is 0 Å². The summed E-state index contributed by atoms with van der Waals surface area (Å²) in [4.78, 5) is 32.4. The van der Waals surface area contributed by atoms with Crippen molar-refractivity contribution in [2.45, 2.75) is 39.7 Å². The number of rotatable bonds is 9. The summed E-state index contributed by atoms with van der Waals surface area (Å²) < 4.78 is 14.6. The maximum Gasteiger partial charge on any atom is 0.305 e. The first kappa shape index (κ1) is 16.6. The SMILES string of the molecule is CC(=O)OCCCC(=O)OCCOC(C)C(C)=O. The molecule has 0 fully saturated rings. The summed E-state index contributed by atoms with van der Waals surface area (Å²) in [6, 6.07) is 0. The van der Waals surface area contributed by atoms with Gasteiger partial charge in [0, 0.05) is 13.3 Å². The second kappa shape index (κ2) is 9.58. The summed E-state index contributed by atoms with van der Waals surface area (Å²) in [6.45, 7) is 4.91. The highest BCUT2D eigenvalue weighted by Gasteiger charge is 2.08. The molecular weight excluding hydrogens is 240 g/mol. The topological polar surface area (TPSA) is 78.9 Å². The molecule has 0 saturated carbocycles. The fourth-order valence-electron chi connectivity index (χ4n) is 1.00. The zero-order chi connectivity index (χ0) is 14.0. The molecule has 0 bridgehead atoms. The van der Waals surface area contributed by atoms with E-state index < -0.39 is 6.10 Å². The van der Waals surface area contributed by atoms with Crippen molar-refractivity contribution in [3.8, 4) is 0 Å². The summed E-state index contributed by atoms with van der Waals surface area (Å²) in [6.07, 6.45) is 0.145. The van der Waals surface area contributed by atoms with Crippen LogP contribution in [0.4, 0.5) is 0 Å². The lowest BCUT2D eigenvalue weighted by Gasteiger charge is -2.09. The molecule has 0 aromatic heterocycles. The fourth-order valence-corrected chi connectivity index (χ4v) is 1.00. The molecule has 104 valence electrons. The molecular formula is C12H20O6. The molecule has 0 N–H and O–H groups in total. The van der Waals surface area contributed by atoms with Crippen molar-refractivity contribution >= 4 is 17.7 Å². The van der Waals surface area contributed by atoms with E-state index in [1.165, 1.54) is 13.8 Å². The van der Waals surface area contributed by atoms with Gasteiger partial charge >= 0.3 is 11.9 Å². The van der Waals surface area contributed by atoms with Gasteiger partial charge in [0.1, 0.15) is 12.7 Å². The molecule has 0 spiro atoms. The van der Waals surface area contributed by atoms with Crippen LogP contribution >= 0.6 is 0 Å². The van der Waals surface area contributed by atoms with Crippen LogP contribution in [-0.2, 0) is 28.6 Å². The number of carbonyl (C=O) groups excluding carboxylic acids is 3. The van der Waals surface area contributed by atoms with Gasteiger partial charge in [0.25, 0.3) is 0 Å². The second-order valence-electron chi connectivity index (χ2n) is 3.79. The lowest BCUT2D eigenvalue weighted by molar-refractivity contribution is -0.148. The highest BCUT2D eigenvalue weighted by Crippen LogP contribution is 1.96. The molecule has 0 aliphatic carbocycles. The van der Waals surface area contributed by atoms with E-state index in [-0.39, 0.29) is 44.0 Å². The predicted molar refractivity (Wildman–Crippen MR) is 62.9 cm³/mol. The van der Waals surface area contributed by atoms with Crippen molar-refractivity contribution in [3.05, 3.63) is 0 Å². The van der Waals surface area contributed by atoms with Crippen LogP contribution in [0.5, 0.6) is 0 Å². The van der Waals surface area contributed by atoms with Crippen molar-refractivity contribution in [1.29, 1.82) is 0 Å². The molecule has 0 aromatic rings. The van der Waals surface area contributed by atoms with Crippen molar-refractivity contribution in [1.82, 2.24) is 0 Å². The molecule has 0 radical (unpaired) electrons. The second-order valence-corrected chi connectivity index (χ2v) is 3.79. The number of hydrogen-bond donors (Lipinski definition) is 0. The summed E-state index contributed by atoms with van der Waals surface area (Å²) in [5, 5.41) is 0. The number of hydrogen-bond acceptors (Lipinski definition) is 6. The van der Waals surface area contributed by atoms with Gasteiger partial charge in [-0.15, -0.1) is 0 Å². The van der Waals surface area contributed by atoms with Crippen LogP contribution in [0, 0.1) is 0 Å². The Labute approximate surface area is 107 Å². The zero-order valence-corrected chi connectivity index (χ0v) is 11.1. The van der Waals surface area contributed by atoms with Gasteiger partial charge < -0.3 is 14.2 Å². The molecule has 1 atom stereocenters. The highest BCUT2D eigenvalue weighted by molar-refractivity contribution is 5.79. The van der Waals surface area contributed by atoms with Crippen LogP contribution in [-0.4, -0.2) is 43.6 Å².